The number of hydrogen-bond acceptors (Lipinski definition) is 4. The highest BCUT2D eigenvalue weighted by Crippen LogP contribution is 2.21. The summed E-state index contributed by atoms with van der Waals surface area (Å²) in [5.41, 5.74) is 2.27. The number of benzene rings is 1. The lowest BCUT2D eigenvalue weighted by Gasteiger charge is -2.31. The molecule has 7 nitrogen and oxygen atoms in total. The fourth-order valence-corrected chi connectivity index (χ4v) is 3.70. The lowest BCUT2D eigenvalue weighted by molar-refractivity contribution is -0.130. The molecule has 1 saturated heterocycles. The number of nitrogens with one attached hydrogen (secondary N) is 2. The number of aryl methyl sites for hydroxylation is 2. The molecule has 0 spiro atoms. The number of aromatic nitrogens is 1. The SMILES string of the molecule is CCNC(=NCC(=O)N1CCC(Cc2ccccc2)CC1)NCc1nc(C)c(C)o1.I. The van der Waals surface area contributed by atoms with E-state index in [9.17, 15) is 4.79 Å². The number of amides is 1. The summed E-state index contributed by atoms with van der Waals surface area (Å²) in [6, 6.07) is 10.6. The van der Waals surface area contributed by atoms with Crippen LogP contribution in [0.3, 0.4) is 0 Å². The smallest absolute Gasteiger partial charge is 0.244 e. The quantitative estimate of drug-likeness (QED) is 0.320. The largest absolute Gasteiger partial charge is 0.444 e. The molecule has 0 radical (unpaired) electrons. The average Bonchev–Trinajstić information content (AvgIpc) is 3.08. The summed E-state index contributed by atoms with van der Waals surface area (Å²) in [6.07, 6.45) is 3.19. The molecule has 1 aliphatic rings. The van der Waals surface area contributed by atoms with Crippen molar-refractivity contribution in [1.82, 2.24) is 20.5 Å². The Labute approximate surface area is 202 Å². The molecule has 2 aromatic rings. The summed E-state index contributed by atoms with van der Waals surface area (Å²) < 4.78 is 5.58. The van der Waals surface area contributed by atoms with Gasteiger partial charge in [0.25, 0.3) is 0 Å². The van der Waals surface area contributed by atoms with Gasteiger partial charge in [-0.15, -0.1) is 24.0 Å². The number of aliphatic imine (C=N–C) groups is 1. The van der Waals surface area contributed by atoms with Crippen molar-refractivity contribution >= 4 is 35.8 Å². The molecule has 0 unspecified atom stereocenters. The van der Waals surface area contributed by atoms with E-state index in [4.69, 9.17) is 4.42 Å². The van der Waals surface area contributed by atoms with Gasteiger partial charge in [0.05, 0.1) is 12.2 Å². The fraction of sp³-hybridized carbons (Fsp3) is 0.522. The molecule has 1 aliphatic heterocycles. The van der Waals surface area contributed by atoms with Gasteiger partial charge in [0.1, 0.15) is 12.3 Å². The van der Waals surface area contributed by atoms with Crippen LogP contribution in [-0.4, -0.2) is 47.9 Å². The van der Waals surface area contributed by atoms with E-state index in [1.807, 2.05) is 25.7 Å². The lowest BCUT2D eigenvalue weighted by Crippen LogP contribution is -2.41. The minimum Gasteiger partial charge on any atom is -0.444 e. The Balaban J connectivity index is 0.00000341. The number of carbonyl (C=O) groups excluding carboxylic acids is 1. The maximum absolute atomic E-state index is 12.6. The molecule has 0 atom stereocenters. The molecule has 3 rings (SSSR count). The molecule has 0 saturated carbocycles. The van der Waals surface area contributed by atoms with Crippen molar-refractivity contribution in [3.63, 3.8) is 0 Å². The maximum atomic E-state index is 12.6. The van der Waals surface area contributed by atoms with E-state index in [0.29, 0.717) is 30.9 Å². The summed E-state index contributed by atoms with van der Waals surface area (Å²) in [7, 11) is 0. The monoisotopic (exact) mass is 539 g/mol. The third kappa shape index (κ3) is 7.83. The van der Waals surface area contributed by atoms with Crippen LogP contribution in [0.25, 0.3) is 0 Å². The van der Waals surface area contributed by atoms with Gasteiger partial charge in [-0.3, -0.25) is 4.79 Å². The summed E-state index contributed by atoms with van der Waals surface area (Å²) in [5, 5.41) is 6.35. The van der Waals surface area contributed by atoms with Crippen LogP contribution in [0.5, 0.6) is 0 Å². The van der Waals surface area contributed by atoms with Gasteiger partial charge in [-0.2, -0.15) is 0 Å². The van der Waals surface area contributed by atoms with Gasteiger partial charge in [-0.05, 0) is 51.5 Å². The van der Waals surface area contributed by atoms with Crippen LogP contribution in [0.4, 0.5) is 0 Å². The Morgan fingerprint density at radius 3 is 2.52 bits per heavy atom. The minimum atomic E-state index is 0. The highest BCUT2D eigenvalue weighted by Gasteiger charge is 2.22. The van der Waals surface area contributed by atoms with E-state index in [2.05, 4.69) is 50.9 Å². The molecular weight excluding hydrogens is 505 g/mol. The molecule has 31 heavy (non-hydrogen) atoms. The van der Waals surface area contributed by atoms with Crippen molar-refractivity contribution in [2.24, 2.45) is 10.9 Å². The second-order valence-electron chi connectivity index (χ2n) is 7.81. The zero-order valence-corrected chi connectivity index (χ0v) is 21.0. The molecule has 1 aromatic heterocycles. The number of nitrogens with zero attached hydrogens (tertiary/aromatic N) is 3. The zero-order valence-electron chi connectivity index (χ0n) is 18.7. The van der Waals surface area contributed by atoms with Crippen LogP contribution in [0.1, 0.15) is 42.7 Å². The molecule has 1 fully saturated rings. The lowest BCUT2D eigenvalue weighted by atomic mass is 9.90. The number of likely N-dealkylation sites (tertiary alicyclic amines) is 1. The average molecular weight is 539 g/mol. The third-order valence-corrected chi connectivity index (χ3v) is 5.53. The van der Waals surface area contributed by atoms with Crippen molar-refractivity contribution in [2.45, 2.75) is 46.6 Å². The predicted molar refractivity (Wildman–Crippen MR) is 134 cm³/mol. The molecule has 0 aliphatic carbocycles. The number of oxazole rings is 1. The molecule has 2 heterocycles. The van der Waals surface area contributed by atoms with Gasteiger partial charge >= 0.3 is 0 Å². The highest BCUT2D eigenvalue weighted by molar-refractivity contribution is 14.0. The third-order valence-electron chi connectivity index (χ3n) is 5.53. The van der Waals surface area contributed by atoms with Crippen molar-refractivity contribution < 1.29 is 9.21 Å². The van der Waals surface area contributed by atoms with Crippen molar-refractivity contribution in [2.75, 3.05) is 26.2 Å². The number of piperidine rings is 1. The minimum absolute atomic E-state index is 0. The Hall–Kier alpha value is -2.10. The second kappa shape index (κ2) is 12.7. The number of rotatable bonds is 7. The van der Waals surface area contributed by atoms with E-state index >= 15 is 0 Å². The molecular formula is C23H34IN5O2. The zero-order chi connectivity index (χ0) is 21.3. The van der Waals surface area contributed by atoms with E-state index in [1.165, 1.54) is 5.56 Å². The number of guanidine groups is 1. The highest BCUT2D eigenvalue weighted by atomic mass is 127. The van der Waals surface area contributed by atoms with E-state index in [-0.39, 0.29) is 36.4 Å². The number of carbonyl (C=O) groups is 1. The first-order chi connectivity index (χ1) is 14.5. The molecule has 1 amide bonds. The van der Waals surface area contributed by atoms with E-state index in [0.717, 1.165) is 43.8 Å². The van der Waals surface area contributed by atoms with Gasteiger partial charge in [-0.25, -0.2) is 9.98 Å². The molecule has 0 bridgehead atoms. The van der Waals surface area contributed by atoms with Crippen LogP contribution < -0.4 is 10.6 Å². The topological polar surface area (TPSA) is 82.8 Å². The first kappa shape index (κ1) is 25.2. The van der Waals surface area contributed by atoms with E-state index in [1.54, 1.807) is 0 Å². The van der Waals surface area contributed by atoms with Crippen molar-refractivity contribution in [3.8, 4) is 0 Å². The predicted octanol–water partition coefficient (Wildman–Crippen LogP) is 3.45. The summed E-state index contributed by atoms with van der Waals surface area (Å²) in [4.78, 5) is 23.4. The van der Waals surface area contributed by atoms with Crippen molar-refractivity contribution in [1.29, 1.82) is 0 Å². The number of hydrogen-bond donors (Lipinski definition) is 2. The van der Waals surface area contributed by atoms with Crippen LogP contribution in [0.2, 0.25) is 0 Å². The van der Waals surface area contributed by atoms with E-state index < -0.39 is 0 Å². The molecule has 8 heteroatoms. The van der Waals surface area contributed by atoms with Crippen molar-refractivity contribution in [3.05, 3.63) is 53.2 Å². The molecule has 2 N–H and O–H groups in total. The first-order valence-electron chi connectivity index (χ1n) is 10.8. The Morgan fingerprint density at radius 2 is 1.90 bits per heavy atom. The van der Waals surface area contributed by atoms with Crippen LogP contribution >= 0.6 is 24.0 Å². The second-order valence-corrected chi connectivity index (χ2v) is 7.81. The normalized spacial score (nSPS) is 14.8. The Bertz CT molecular complexity index is 825. The number of halogens is 1. The van der Waals surface area contributed by atoms with Crippen LogP contribution in [0.15, 0.2) is 39.7 Å². The maximum Gasteiger partial charge on any atom is 0.244 e. The molecule has 1 aromatic carbocycles. The van der Waals surface area contributed by atoms with Crippen LogP contribution in [-0.2, 0) is 17.8 Å². The fourth-order valence-electron chi connectivity index (χ4n) is 3.70. The molecule has 170 valence electrons. The van der Waals surface area contributed by atoms with Gasteiger partial charge in [-0.1, -0.05) is 30.3 Å². The summed E-state index contributed by atoms with van der Waals surface area (Å²) in [5.74, 6) is 2.75. The summed E-state index contributed by atoms with van der Waals surface area (Å²) in [6.45, 7) is 8.72. The van der Waals surface area contributed by atoms with Crippen LogP contribution in [0, 0.1) is 19.8 Å². The Kier molecular flexibility index (Phi) is 10.3. The van der Waals surface area contributed by atoms with Gasteiger partial charge in [0.15, 0.2) is 5.96 Å². The van der Waals surface area contributed by atoms with Gasteiger partial charge in [0.2, 0.25) is 11.8 Å². The van der Waals surface area contributed by atoms with Gasteiger partial charge in [0, 0.05) is 19.6 Å². The van der Waals surface area contributed by atoms with Gasteiger partial charge < -0.3 is 20.0 Å². The standard InChI is InChI=1S/C23H33N5O2.HI/c1-4-24-23(25-15-21-27-17(2)18(3)30-21)26-16-22(29)28-12-10-20(11-13-28)14-19-8-6-5-7-9-19;/h5-9,20H,4,10-16H2,1-3H3,(H2,24,25,26);1H. The first-order valence-corrected chi connectivity index (χ1v) is 10.8. The summed E-state index contributed by atoms with van der Waals surface area (Å²) >= 11 is 0. The Morgan fingerprint density at radius 1 is 1.19 bits per heavy atom.